The number of pyridine rings is 1. The second kappa shape index (κ2) is 7.57. The van der Waals surface area contributed by atoms with Crippen LogP contribution in [-0.4, -0.2) is 52.2 Å². The molecular weight excluding hydrogens is 342 g/mol. The van der Waals surface area contributed by atoms with Gasteiger partial charge < -0.3 is 14.2 Å². The Morgan fingerprint density at radius 1 is 1.00 bits per heavy atom. The van der Waals surface area contributed by atoms with E-state index in [2.05, 4.69) is 20.1 Å². The first-order valence-corrected chi connectivity index (χ1v) is 9.07. The van der Waals surface area contributed by atoms with Crippen LogP contribution in [0, 0.1) is 6.92 Å². The van der Waals surface area contributed by atoms with Crippen molar-refractivity contribution in [2.75, 3.05) is 31.1 Å². The standard InChI is InChI=1S/C20H21N5O2/c1-15-22-23-19(27-15)16-7-2-3-8-17(16)20(26)25-12-6-11-24(13-14-25)18-9-4-5-10-21-18/h2-5,7-10H,6,11-14H2,1H3. The van der Waals surface area contributed by atoms with Crippen molar-refractivity contribution in [1.82, 2.24) is 20.1 Å². The zero-order valence-corrected chi connectivity index (χ0v) is 15.2. The first-order valence-electron chi connectivity index (χ1n) is 9.07. The number of nitrogens with zero attached hydrogens (tertiary/aromatic N) is 5. The van der Waals surface area contributed by atoms with Gasteiger partial charge in [-0.1, -0.05) is 18.2 Å². The normalized spacial score (nSPS) is 14.9. The molecule has 3 aromatic rings. The Balaban J connectivity index is 1.54. The molecule has 1 aliphatic heterocycles. The van der Waals surface area contributed by atoms with Crippen LogP contribution >= 0.6 is 0 Å². The summed E-state index contributed by atoms with van der Waals surface area (Å²) in [7, 11) is 0. The van der Waals surface area contributed by atoms with E-state index in [0.717, 1.165) is 25.3 Å². The number of aromatic nitrogens is 3. The third kappa shape index (κ3) is 3.67. The summed E-state index contributed by atoms with van der Waals surface area (Å²) in [4.78, 5) is 21.7. The van der Waals surface area contributed by atoms with Crippen molar-refractivity contribution in [1.29, 1.82) is 0 Å². The van der Waals surface area contributed by atoms with E-state index in [1.165, 1.54) is 0 Å². The summed E-state index contributed by atoms with van der Waals surface area (Å²) in [6, 6.07) is 13.3. The fourth-order valence-corrected chi connectivity index (χ4v) is 3.32. The summed E-state index contributed by atoms with van der Waals surface area (Å²) in [6.07, 6.45) is 2.69. The number of carbonyl (C=O) groups excluding carboxylic acids is 1. The summed E-state index contributed by atoms with van der Waals surface area (Å²) in [5.41, 5.74) is 1.27. The molecule has 0 unspecified atom stereocenters. The van der Waals surface area contributed by atoms with Gasteiger partial charge >= 0.3 is 0 Å². The van der Waals surface area contributed by atoms with Gasteiger partial charge in [-0.05, 0) is 30.7 Å². The molecule has 0 bridgehead atoms. The smallest absolute Gasteiger partial charge is 0.254 e. The highest BCUT2D eigenvalue weighted by Crippen LogP contribution is 2.24. The zero-order chi connectivity index (χ0) is 18.6. The van der Waals surface area contributed by atoms with E-state index in [4.69, 9.17) is 4.42 Å². The topological polar surface area (TPSA) is 75.4 Å². The molecule has 1 amide bonds. The van der Waals surface area contributed by atoms with E-state index < -0.39 is 0 Å². The largest absolute Gasteiger partial charge is 0.421 e. The van der Waals surface area contributed by atoms with Crippen LogP contribution in [-0.2, 0) is 0 Å². The highest BCUT2D eigenvalue weighted by atomic mass is 16.4. The first kappa shape index (κ1) is 17.2. The molecule has 2 aromatic heterocycles. The average molecular weight is 363 g/mol. The Bertz CT molecular complexity index is 925. The van der Waals surface area contributed by atoms with Crippen molar-refractivity contribution >= 4 is 11.7 Å². The predicted molar refractivity (Wildman–Crippen MR) is 101 cm³/mol. The molecule has 3 heterocycles. The highest BCUT2D eigenvalue weighted by molar-refractivity contribution is 6.00. The van der Waals surface area contributed by atoms with Gasteiger partial charge in [0.2, 0.25) is 11.8 Å². The van der Waals surface area contributed by atoms with Crippen LogP contribution in [0.1, 0.15) is 22.7 Å². The van der Waals surface area contributed by atoms with E-state index >= 15 is 0 Å². The molecule has 138 valence electrons. The summed E-state index contributed by atoms with van der Waals surface area (Å²) >= 11 is 0. The highest BCUT2D eigenvalue weighted by Gasteiger charge is 2.24. The molecule has 0 spiro atoms. The number of aryl methyl sites for hydroxylation is 1. The van der Waals surface area contributed by atoms with Gasteiger partial charge in [0, 0.05) is 39.3 Å². The Morgan fingerprint density at radius 3 is 2.63 bits per heavy atom. The summed E-state index contributed by atoms with van der Waals surface area (Å²) in [5.74, 6) is 1.80. The van der Waals surface area contributed by atoms with E-state index in [9.17, 15) is 4.79 Å². The van der Waals surface area contributed by atoms with Crippen LogP contribution in [0.25, 0.3) is 11.5 Å². The Hall–Kier alpha value is -3.22. The molecule has 4 rings (SSSR count). The zero-order valence-electron chi connectivity index (χ0n) is 15.2. The van der Waals surface area contributed by atoms with Crippen molar-refractivity contribution < 1.29 is 9.21 Å². The molecule has 0 atom stereocenters. The molecule has 1 aliphatic rings. The van der Waals surface area contributed by atoms with Crippen LogP contribution in [0.2, 0.25) is 0 Å². The van der Waals surface area contributed by atoms with Crippen molar-refractivity contribution in [3.8, 4) is 11.5 Å². The lowest BCUT2D eigenvalue weighted by molar-refractivity contribution is 0.0767. The van der Waals surface area contributed by atoms with Crippen LogP contribution in [0.3, 0.4) is 0 Å². The molecular formula is C20H21N5O2. The number of rotatable bonds is 3. The third-order valence-electron chi connectivity index (χ3n) is 4.67. The average Bonchev–Trinajstić information content (AvgIpc) is 3.00. The summed E-state index contributed by atoms with van der Waals surface area (Å²) < 4.78 is 5.54. The van der Waals surface area contributed by atoms with Crippen LogP contribution in [0.15, 0.2) is 53.1 Å². The van der Waals surface area contributed by atoms with E-state index in [1.807, 2.05) is 47.4 Å². The number of benzene rings is 1. The number of anilines is 1. The lowest BCUT2D eigenvalue weighted by Crippen LogP contribution is -2.35. The van der Waals surface area contributed by atoms with E-state index in [0.29, 0.717) is 36.0 Å². The van der Waals surface area contributed by atoms with Crippen molar-refractivity contribution in [2.24, 2.45) is 0 Å². The summed E-state index contributed by atoms with van der Waals surface area (Å²) in [5, 5.41) is 7.95. The van der Waals surface area contributed by atoms with Gasteiger partial charge in [0.25, 0.3) is 5.91 Å². The fourth-order valence-electron chi connectivity index (χ4n) is 3.32. The van der Waals surface area contributed by atoms with Crippen molar-refractivity contribution in [2.45, 2.75) is 13.3 Å². The predicted octanol–water partition coefficient (Wildman–Crippen LogP) is 2.79. The Labute approximate surface area is 157 Å². The van der Waals surface area contributed by atoms with Crippen LogP contribution < -0.4 is 4.90 Å². The van der Waals surface area contributed by atoms with Crippen LogP contribution in [0.4, 0.5) is 5.82 Å². The Kier molecular flexibility index (Phi) is 4.82. The fraction of sp³-hybridized carbons (Fsp3) is 0.300. The van der Waals surface area contributed by atoms with Gasteiger partial charge in [0.05, 0.1) is 11.1 Å². The number of hydrogen-bond donors (Lipinski definition) is 0. The summed E-state index contributed by atoms with van der Waals surface area (Å²) in [6.45, 7) is 4.73. The molecule has 0 saturated carbocycles. The first-order chi connectivity index (χ1) is 13.2. The molecule has 1 aromatic carbocycles. The molecule has 7 heteroatoms. The van der Waals surface area contributed by atoms with Gasteiger partial charge in [0.1, 0.15) is 5.82 Å². The maximum Gasteiger partial charge on any atom is 0.254 e. The monoisotopic (exact) mass is 363 g/mol. The minimum Gasteiger partial charge on any atom is -0.421 e. The number of amides is 1. The lowest BCUT2D eigenvalue weighted by Gasteiger charge is -2.23. The van der Waals surface area contributed by atoms with E-state index in [-0.39, 0.29) is 5.91 Å². The maximum absolute atomic E-state index is 13.2. The number of hydrogen-bond acceptors (Lipinski definition) is 6. The lowest BCUT2D eigenvalue weighted by atomic mass is 10.1. The van der Waals surface area contributed by atoms with Gasteiger partial charge in [-0.3, -0.25) is 4.79 Å². The quantitative estimate of drug-likeness (QED) is 0.712. The molecule has 0 aliphatic carbocycles. The number of carbonyl (C=O) groups is 1. The third-order valence-corrected chi connectivity index (χ3v) is 4.67. The Morgan fingerprint density at radius 2 is 1.85 bits per heavy atom. The minimum absolute atomic E-state index is 0.00989. The van der Waals surface area contributed by atoms with Crippen molar-refractivity contribution in [3.05, 3.63) is 60.1 Å². The van der Waals surface area contributed by atoms with Gasteiger partial charge in [-0.15, -0.1) is 10.2 Å². The minimum atomic E-state index is -0.00989. The van der Waals surface area contributed by atoms with Crippen LogP contribution in [0.5, 0.6) is 0 Å². The maximum atomic E-state index is 13.2. The molecule has 0 radical (unpaired) electrons. The van der Waals surface area contributed by atoms with Crippen molar-refractivity contribution in [3.63, 3.8) is 0 Å². The van der Waals surface area contributed by atoms with Gasteiger partial charge in [-0.25, -0.2) is 4.98 Å². The molecule has 1 fully saturated rings. The second-order valence-corrected chi connectivity index (χ2v) is 6.49. The van der Waals surface area contributed by atoms with E-state index in [1.54, 1.807) is 13.1 Å². The van der Waals surface area contributed by atoms with Gasteiger partial charge in [0.15, 0.2) is 0 Å². The molecule has 27 heavy (non-hydrogen) atoms. The molecule has 1 saturated heterocycles. The SMILES string of the molecule is Cc1nnc(-c2ccccc2C(=O)N2CCCN(c3ccccn3)CC2)o1. The molecule has 7 nitrogen and oxygen atoms in total. The molecule has 0 N–H and O–H groups in total. The van der Waals surface area contributed by atoms with Gasteiger partial charge in [-0.2, -0.15) is 0 Å². The second-order valence-electron chi connectivity index (χ2n) is 6.49.